The molecule has 0 saturated heterocycles. The highest BCUT2D eigenvalue weighted by atomic mass is 16.6. The fourth-order valence-corrected chi connectivity index (χ4v) is 1.10. The molecule has 26 heavy (non-hydrogen) atoms. The Morgan fingerprint density at radius 2 is 0.885 bits per heavy atom. The van der Waals surface area contributed by atoms with E-state index in [0.29, 0.717) is 0 Å². The van der Waals surface area contributed by atoms with Gasteiger partial charge in [-0.3, -0.25) is 20.2 Å². The molecule has 0 aliphatic carbocycles. The SMILES string of the molecule is CB(O)O.CC.CC.O=[N+]([O-])c1ccccc1.O=[N+]([O-])c1ccccc1. The molecule has 2 aromatic carbocycles. The molecular weight excluding hydrogens is 339 g/mol. The van der Waals surface area contributed by atoms with Gasteiger partial charge >= 0.3 is 7.12 Å². The lowest BCUT2D eigenvalue weighted by Gasteiger charge is -1.85. The smallest absolute Gasteiger partial charge is 0.427 e. The average Bonchev–Trinajstić information content (AvgIpc) is 2.66. The summed E-state index contributed by atoms with van der Waals surface area (Å²) in [4.78, 5) is 19.2. The lowest BCUT2D eigenvalue weighted by atomic mass is 9.99. The number of benzene rings is 2. The Kier molecular flexibility index (Phi) is 21.9. The van der Waals surface area contributed by atoms with Crippen LogP contribution in [-0.4, -0.2) is 27.0 Å². The summed E-state index contributed by atoms with van der Waals surface area (Å²) in [6, 6.07) is 15.9. The van der Waals surface area contributed by atoms with Gasteiger partial charge in [0.25, 0.3) is 11.4 Å². The van der Waals surface area contributed by atoms with Crippen LogP contribution in [0.5, 0.6) is 0 Å². The van der Waals surface area contributed by atoms with Crippen molar-refractivity contribution >= 4 is 18.5 Å². The molecule has 0 heterocycles. The minimum Gasteiger partial charge on any atom is -0.427 e. The molecule has 8 nitrogen and oxygen atoms in total. The number of rotatable bonds is 2. The van der Waals surface area contributed by atoms with Gasteiger partial charge in [-0.1, -0.05) is 64.1 Å². The van der Waals surface area contributed by atoms with Gasteiger partial charge in [0.15, 0.2) is 0 Å². The minimum absolute atomic E-state index is 0.137. The predicted molar refractivity (Wildman–Crippen MR) is 105 cm³/mol. The van der Waals surface area contributed by atoms with Crippen LogP contribution in [0.1, 0.15) is 27.7 Å². The number of nitro groups is 2. The second kappa shape index (κ2) is 20.3. The van der Waals surface area contributed by atoms with E-state index in [2.05, 4.69) is 0 Å². The zero-order chi connectivity index (χ0) is 21.0. The van der Waals surface area contributed by atoms with E-state index in [4.69, 9.17) is 10.0 Å². The van der Waals surface area contributed by atoms with Gasteiger partial charge in [-0.15, -0.1) is 0 Å². The summed E-state index contributed by atoms with van der Waals surface area (Å²) in [5.41, 5.74) is 0.273. The van der Waals surface area contributed by atoms with E-state index in [1.807, 2.05) is 27.7 Å². The molecule has 0 spiro atoms. The Bertz CT molecular complexity index is 516. The maximum Gasteiger partial charge on any atom is 0.448 e. The highest BCUT2D eigenvalue weighted by molar-refractivity contribution is 6.38. The van der Waals surface area contributed by atoms with E-state index in [-0.39, 0.29) is 11.4 Å². The van der Waals surface area contributed by atoms with E-state index in [9.17, 15) is 20.2 Å². The van der Waals surface area contributed by atoms with Crippen LogP contribution in [0.25, 0.3) is 0 Å². The molecule has 0 radical (unpaired) electrons. The van der Waals surface area contributed by atoms with E-state index >= 15 is 0 Å². The number of hydrogen-bond acceptors (Lipinski definition) is 6. The maximum absolute atomic E-state index is 10.0. The summed E-state index contributed by atoms with van der Waals surface area (Å²) in [7, 11) is -1.17. The maximum atomic E-state index is 10.0. The Morgan fingerprint density at radius 3 is 1.00 bits per heavy atom. The van der Waals surface area contributed by atoms with Gasteiger partial charge in [0.2, 0.25) is 0 Å². The summed E-state index contributed by atoms with van der Waals surface area (Å²) < 4.78 is 0. The van der Waals surface area contributed by atoms with Gasteiger partial charge in [-0.25, -0.2) is 0 Å². The number of non-ortho nitro benzene ring substituents is 2. The molecule has 0 unspecified atom stereocenters. The van der Waals surface area contributed by atoms with Crippen molar-refractivity contribution in [1.82, 2.24) is 0 Å². The number of nitrogens with zero attached hydrogens (tertiary/aromatic N) is 2. The van der Waals surface area contributed by atoms with Crippen molar-refractivity contribution in [3.05, 3.63) is 80.9 Å². The van der Waals surface area contributed by atoms with Gasteiger partial charge in [-0.2, -0.15) is 0 Å². The molecule has 2 N–H and O–H groups in total. The van der Waals surface area contributed by atoms with Crippen LogP contribution in [0.15, 0.2) is 60.7 Å². The number of para-hydroxylation sites is 2. The summed E-state index contributed by atoms with van der Waals surface area (Å²) in [5.74, 6) is 0. The second-order valence-electron chi connectivity index (χ2n) is 3.82. The van der Waals surface area contributed by atoms with Gasteiger partial charge in [-0.05, 0) is 6.82 Å². The highest BCUT2D eigenvalue weighted by Crippen LogP contribution is 2.07. The lowest BCUT2D eigenvalue weighted by molar-refractivity contribution is -0.385. The molecule has 0 saturated carbocycles. The van der Waals surface area contributed by atoms with Crippen molar-refractivity contribution in [3.8, 4) is 0 Å². The van der Waals surface area contributed by atoms with Crippen molar-refractivity contribution < 1.29 is 19.9 Å². The van der Waals surface area contributed by atoms with Gasteiger partial charge < -0.3 is 10.0 Å². The summed E-state index contributed by atoms with van der Waals surface area (Å²) in [6.45, 7) is 9.28. The van der Waals surface area contributed by atoms with Crippen molar-refractivity contribution in [2.75, 3.05) is 0 Å². The number of hydrogen-bond donors (Lipinski definition) is 2. The fraction of sp³-hybridized carbons (Fsp3) is 0.294. The van der Waals surface area contributed by atoms with Crippen LogP contribution in [0.4, 0.5) is 11.4 Å². The molecule has 144 valence electrons. The van der Waals surface area contributed by atoms with E-state index in [1.54, 1.807) is 36.4 Å². The largest absolute Gasteiger partial charge is 0.448 e. The van der Waals surface area contributed by atoms with Gasteiger partial charge in [0.1, 0.15) is 0 Å². The van der Waals surface area contributed by atoms with E-state index in [1.165, 1.54) is 31.1 Å². The zero-order valence-electron chi connectivity index (χ0n) is 15.8. The molecule has 0 bridgehead atoms. The first-order valence-corrected chi connectivity index (χ1v) is 8.09. The van der Waals surface area contributed by atoms with Gasteiger partial charge in [0.05, 0.1) is 9.85 Å². The fourth-order valence-electron chi connectivity index (χ4n) is 1.10. The normalized spacial score (nSPS) is 7.65. The van der Waals surface area contributed by atoms with Crippen LogP contribution >= 0.6 is 0 Å². The molecule has 0 atom stereocenters. The molecule has 0 amide bonds. The standard InChI is InChI=1S/2C6H5NO2.2C2H6.CH5BO2/c2*8-7(9)6-4-2-1-3-5-6;2*1-2;1-2(3)4/h2*1-5H;2*1-2H3;3-4H,1H3. The minimum atomic E-state index is -1.17. The zero-order valence-corrected chi connectivity index (χ0v) is 15.8. The van der Waals surface area contributed by atoms with Crippen LogP contribution in [-0.2, 0) is 0 Å². The molecule has 0 aromatic heterocycles. The second-order valence-corrected chi connectivity index (χ2v) is 3.82. The highest BCUT2D eigenvalue weighted by Gasteiger charge is 1.99. The van der Waals surface area contributed by atoms with Crippen molar-refractivity contribution in [3.63, 3.8) is 0 Å². The monoisotopic (exact) mass is 366 g/mol. The van der Waals surface area contributed by atoms with Crippen molar-refractivity contribution in [1.29, 1.82) is 0 Å². The van der Waals surface area contributed by atoms with Crippen molar-refractivity contribution in [2.24, 2.45) is 0 Å². The van der Waals surface area contributed by atoms with E-state index < -0.39 is 17.0 Å². The Morgan fingerprint density at radius 1 is 0.692 bits per heavy atom. The van der Waals surface area contributed by atoms with E-state index in [0.717, 1.165) is 0 Å². The first-order chi connectivity index (χ1) is 12.3. The topological polar surface area (TPSA) is 127 Å². The Balaban J connectivity index is -0.000000294. The van der Waals surface area contributed by atoms with Crippen LogP contribution in [0, 0.1) is 20.2 Å². The molecule has 0 aliphatic rings. The molecule has 9 heteroatoms. The molecule has 2 aromatic rings. The quantitative estimate of drug-likeness (QED) is 0.463. The van der Waals surface area contributed by atoms with Gasteiger partial charge in [0, 0.05) is 24.3 Å². The predicted octanol–water partition coefficient (Wildman–Crippen LogP) is 4.33. The van der Waals surface area contributed by atoms with Crippen LogP contribution in [0.3, 0.4) is 0 Å². The molecule has 0 fully saturated rings. The third-order valence-electron chi connectivity index (χ3n) is 1.93. The summed E-state index contributed by atoms with van der Waals surface area (Å²) in [6.07, 6.45) is 0. The average molecular weight is 366 g/mol. The number of nitro benzene ring substituents is 2. The Labute approximate surface area is 154 Å². The third-order valence-corrected chi connectivity index (χ3v) is 1.93. The summed E-state index contributed by atoms with van der Waals surface area (Å²) >= 11 is 0. The first kappa shape index (κ1) is 28.0. The molecule has 2 rings (SSSR count). The molecule has 0 aliphatic heterocycles. The third kappa shape index (κ3) is 19.3. The lowest BCUT2D eigenvalue weighted by Crippen LogP contribution is -2.00. The van der Waals surface area contributed by atoms with Crippen LogP contribution < -0.4 is 0 Å². The van der Waals surface area contributed by atoms with Crippen LogP contribution in [0.2, 0.25) is 6.82 Å². The molecular formula is C17H27BN2O6. The summed E-state index contributed by atoms with van der Waals surface area (Å²) in [5, 5.41) is 35.2. The first-order valence-electron chi connectivity index (χ1n) is 8.09. The Hall–Kier alpha value is -2.78. The van der Waals surface area contributed by atoms with Crippen molar-refractivity contribution in [2.45, 2.75) is 34.5 Å².